The molecule has 132 valence electrons. The maximum absolute atomic E-state index is 12.6. The lowest BCUT2D eigenvalue weighted by molar-refractivity contribution is -0.140. The van der Waals surface area contributed by atoms with Gasteiger partial charge in [0.15, 0.2) is 0 Å². The van der Waals surface area contributed by atoms with Crippen LogP contribution in [0.3, 0.4) is 0 Å². The Morgan fingerprint density at radius 3 is 2.71 bits per heavy atom. The fraction of sp³-hybridized carbons (Fsp3) is 0.647. The van der Waals surface area contributed by atoms with Crippen molar-refractivity contribution in [3.05, 3.63) is 23.7 Å². The van der Waals surface area contributed by atoms with Crippen LogP contribution in [0.15, 0.2) is 16.7 Å². The van der Waals surface area contributed by atoms with Crippen molar-refractivity contribution in [1.82, 2.24) is 15.5 Å². The quantitative estimate of drug-likeness (QED) is 0.849. The van der Waals surface area contributed by atoms with Crippen LogP contribution in [0.5, 0.6) is 0 Å². The highest BCUT2D eigenvalue weighted by molar-refractivity contribution is 5.95. The highest BCUT2D eigenvalue weighted by Crippen LogP contribution is 2.16. The van der Waals surface area contributed by atoms with Gasteiger partial charge in [0.25, 0.3) is 5.91 Å². The van der Waals surface area contributed by atoms with E-state index in [1.54, 1.807) is 13.0 Å². The summed E-state index contributed by atoms with van der Waals surface area (Å²) in [5, 5.41) is 6.27. The van der Waals surface area contributed by atoms with Crippen molar-refractivity contribution >= 4 is 11.8 Å². The number of likely N-dealkylation sites (tertiary alicyclic amines) is 1. The molecule has 3 heterocycles. The van der Waals surface area contributed by atoms with E-state index in [0.29, 0.717) is 37.6 Å². The zero-order chi connectivity index (χ0) is 17.1. The van der Waals surface area contributed by atoms with Gasteiger partial charge in [-0.25, -0.2) is 0 Å². The van der Waals surface area contributed by atoms with Crippen LogP contribution < -0.4 is 10.6 Å². The van der Waals surface area contributed by atoms with Crippen LogP contribution in [0.4, 0.5) is 0 Å². The lowest BCUT2D eigenvalue weighted by Crippen LogP contribution is -2.58. The van der Waals surface area contributed by atoms with E-state index in [2.05, 4.69) is 10.6 Å². The fourth-order valence-corrected chi connectivity index (χ4v) is 3.33. The topological polar surface area (TPSA) is 83.8 Å². The van der Waals surface area contributed by atoms with Gasteiger partial charge < -0.3 is 24.7 Å². The molecule has 1 aromatic heterocycles. The highest BCUT2D eigenvalue weighted by atomic mass is 16.5. The summed E-state index contributed by atoms with van der Waals surface area (Å²) in [7, 11) is 0. The van der Waals surface area contributed by atoms with Gasteiger partial charge in [-0.3, -0.25) is 9.59 Å². The second-order valence-corrected chi connectivity index (χ2v) is 6.47. The first-order valence-electron chi connectivity index (χ1n) is 8.55. The van der Waals surface area contributed by atoms with E-state index in [-0.39, 0.29) is 30.0 Å². The molecule has 2 saturated heterocycles. The number of hydrogen-bond acceptors (Lipinski definition) is 5. The molecule has 7 heteroatoms. The summed E-state index contributed by atoms with van der Waals surface area (Å²) in [5.74, 6) is 0.608. The number of aryl methyl sites for hydroxylation is 1. The zero-order valence-corrected chi connectivity index (χ0v) is 14.2. The summed E-state index contributed by atoms with van der Waals surface area (Å²) in [4.78, 5) is 26.7. The summed E-state index contributed by atoms with van der Waals surface area (Å²) in [6.07, 6.45) is 2.94. The molecule has 0 aliphatic carbocycles. The molecular weight excluding hydrogens is 310 g/mol. The highest BCUT2D eigenvalue weighted by Gasteiger charge is 2.33. The first-order valence-corrected chi connectivity index (χ1v) is 8.55. The van der Waals surface area contributed by atoms with Gasteiger partial charge in [0.1, 0.15) is 11.8 Å². The Labute approximate surface area is 141 Å². The minimum Gasteiger partial charge on any atom is -0.469 e. The Morgan fingerprint density at radius 1 is 1.33 bits per heavy atom. The SMILES string of the molecule is Cc1occc1C(=O)NC1CCN(C(=O)[C@H]2NCCO[C@@H]2C)CC1. The molecule has 0 saturated carbocycles. The van der Waals surface area contributed by atoms with Gasteiger partial charge >= 0.3 is 0 Å². The molecule has 2 aliphatic heterocycles. The summed E-state index contributed by atoms with van der Waals surface area (Å²) in [5.41, 5.74) is 0.575. The molecule has 0 spiro atoms. The van der Waals surface area contributed by atoms with Crippen LogP contribution in [-0.4, -0.2) is 61.1 Å². The van der Waals surface area contributed by atoms with Crippen LogP contribution in [0, 0.1) is 6.92 Å². The Balaban J connectivity index is 1.49. The van der Waals surface area contributed by atoms with Gasteiger partial charge in [-0.05, 0) is 32.8 Å². The lowest BCUT2D eigenvalue weighted by Gasteiger charge is -2.37. The molecular formula is C17H25N3O4. The average Bonchev–Trinajstić information content (AvgIpc) is 3.01. The Hall–Kier alpha value is -1.86. The van der Waals surface area contributed by atoms with Gasteiger partial charge in [-0.2, -0.15) is 0 Å². The van der Waals surface area contributed by atoms with Crippen molar-refractivity contribution in [2.24, 2.45) is 0 Å². The molecule has 0 aromatic carbocycles. The summed E-state index contributed by atoms with van der Waals surface area (Å²) in [6, 6.07) is 1.50. The Bertz CT molecular complexity index is 592. The number of carbonyl (C=O) groups is 2. The molecule has 2 aliphatic rings. The van der Waals surface area contributed by atoms with Crippen LogP contribution in [0.2, 0.25) is 0 Å². The molecule has 1 aromatic rings. The molecule has 7 nitrogen and oxygen atoms in total. The molecule has 0 unspecified atom stereocenters. The second-order valence-electron chi connectivity index (χ2n) is 6.47. The number of furan rings is 1. The normalized spacial score (nSPS) is 25.5. The van der Waals surface area contributed by atoms with Gasteiger partial charge in [0.2, 0.25) is 5.91 Å². The van der Waals surface area contributed by atoms with Crippen LogP contribution in [-0.2, 0) is 9.53 Å². The van der Waals surface area contributed by atoms with Crippen molar-refractivity contribution < 1.29 is 18.7 Å². The molecule has 2 atom stereocenters. The number of carbonyl (C=O) groups excluding carboxylic acids is 2. The van der Waals surface area contributed by atoms with Gasteiger partial charge in [0.05, 0.1) is 24.5 Å². The third-order valence-corrected chi connectivity index (χ3v) is 4.83. The van der Waals surface area contributed by atoms with E-state index >= 15 is 0 Å². The molecule has 3 rings (SSSR count). The summed E-state index contributed by atoms with van der Waals surface area (Å²) in [6.45, 7) is 6.35. The number of piperidine rings is 1. The number of ether oxygens (including phenoxy) is 1. The van der Waals surface area contributed by atoms with Crippen LogP contribution in [0.25, 0.3) is 0 Å². The average molecular weight is 335 g/mol. The van der Waals surface area contributed by atoms with Crippen molar-refractivity contribution in [2.75, 3.05) is 26.2 Å². The predicted molar refractivity (Wildman–Crippen MR) is 87.7 cm³/mol. The van der Waals surface area contributed by atoms with Gasteiger partial charge in [0, 0.05) is 25.7 Å². The van der Waals surface area contributed by atoms with Crippen LogP contribution in [0.1, 0.15) is 35.9 Å². The molecule has 2 amide bonds. The largest absolute Gasteiger partial charge is 0.469 e. The second kappa shape index (κ2) is 7.36. The Kier molecular flexibility index (Phi) is 5.20. The number of nitrogens with zero attached hydrogens (tertiary/aromatic N) is 1. The van der Waals surface area contributed by atoms with E-state index in [4.69, 9.17) is 9.15 Å². The number of nitrogens with one attached hydrogen (secondary N) is 2. The number of hydrogen-bond donors (Lipinski definition) is 2. The number of amides is 2. The summed E-state index contributed by atoms with van der Waals surface area (Å²) >= 11 is 0. The van der Waals surface area contributed by atoms with Crippen LogP contribution >= 0.6 is 0 Å². The lowest BCUT2D eigenvalue weighted by atomic mass is 10.0. The zero-order valence-electron chi connectivity index (χ0n) is 14.2. The number of morpholine rings is 1. The third kappa shape index (κ3) is 3.62. The van der Waals surface area contributed by atoms with Gasteiger partial charge in [-0.15, -0.1) is 0 Å². The van der Waals surface area contributed by atoms with E-state index < -0.39 is 0 Å². The van der Waals surface area contributed by atoms with Gasteiger partial charge in [-0.1, -0.05) is 0 Å². The van der Waals surface area contributed by atoms with E-state index in [1.165, 1.54) is 6.26 Å². The summed E-state index contributed by atoms with van der Waals surface area (Å²) < 4.78 is 10.7. The van der Waals surface area contributed by atoms with E-state index in [9.17, 15) is 9.59 Å². The van der Waals surface area contributed by atoms with Crippen molar-refractivity contribution in [2.45, 2.75) is 44.9 Å². The standard InChI is InChI=1S/C17H25N3O4/c1-11-14(5-9-23-11)16(21)19-13-3-7-20(8-4-13)17(22)15-12(2)24-10-6-18-15/h5,9,12-13,15,18H,3-4,6-8,10H2,1-2H3,(H,19,21)/t12-,15+/m1/s1. The maximum atomic E-state index is 12.6. The number of rotatable bonds is 3. The monoisotopic (exact) mass is 335 g/mol. The fourth-order valence-electron chi connectivity index (χ4n) is 3.33. The van der Waals surface area contributed by atoms with Crippen molar-refractivity contribution in [3.8, 4) is 0 Å². The molecule has 24 heavy (non-hydrogen) atoms. The first kappa shape index (κ1) is 17.0. The molecule has 0 bridgehead atoms. The van der Waals surface area contributed by atoms with E-state index in [0.717, 1.165) is 12.8 Å². The maximum Gasteiger partial charge on any atom is 0.255 e. The molecule has 0 radical (unpaired) electrons. The molecule has 2 fully saturated rings. The minimum atomic E-state index is -0.265. The predicted octanol–water partition coefficient (Wildman–Crippen LogP) is 0.686. The van der Waals surface area contributed by atoms with Crippen molar-refractivity contribution in [1.29, 1.82) is 0 Å². The van der Waals surface area contributed by atoms with E-state index in [1.807, 2.05) is 11.8 Å². The minimum absolute atomic E-state index is 0.0869. The van der Waals surface area contributed by atoms with Crippen molar-refractivity contribution in [3.63, 3.8) is 0 Å². The first-order chi connectivity index (χ1) is 11.6. The Morgan fingerprint density at radius 2 is 2.08 bits per heavy atom. The molecule has 2 N–H and O–H groups in total. The smallest absolute Gasteiger partial charge is 0.255 e. The third-order valence-electron chi connectivity index (χ3n) is 4.83.